The SMILES string of the molecule is CC(C)C1CCCC2CCCCC21.CCC1CCCCC1. The van der Waals surface area contributed by atoms with Crippen molar-refractivity contribution in [2.45, 2.75) is 104 Å². The molecule has 0 aliphatic heterocycles. The van der Waals surface area contributed by atoms with Crippen molar-refractivity contribution in [3.63, 3.8) is 0 Å². The van der Waals surface area contributed by atoms with E-state index in [1.807, 2.05) is 0 Å². The number of fused-ring (bicyclic) bond motifs is 1. The highest BCUT2D eigenvalue weighted by Gasteiger charge is 2.35. The van der Waals surface area contributed by atoms with Gasteiger partial charge >= 0.3 is 0 Å². The van der Waals surface area contributed by atoms with Crippen molar-refractivity contribution < 1.29 is 0 Å². The molecule has 3 aliphatic rings. The van der Waals surface area contributed by atoms with Crippen LogP contribution in [0, 0.1) is 29.6 Å². The van der Waals surface area contributed by atoms with Crippen molar-refractivity contribution in [3.05, 3.63) is 0 Å². The maximum Gasteiger partial charge on any atom is -0.0355 e. The van der Waals surface area contributed by atoms with E-state index in [9.17, 15) is 0 Å². The van der Waals surface area contributed by atoms with E-state index in [0.29, 0.717) is 0 Å². The van der Waals surface area contributed by atoms with E-state index in [4.69, 9.17) is 0 Å². The van der Waals surface area contributed by atoms with Crippen LogP contribution in [-0.4, -0.2) is 0 Å². The van der Waals surface area contributed by atoms with E-state index in [1.54, 1.807) is 19.3 Å². The summed E-state index contributed by atoms with van der Waals surface area (Å²) >= 11 is 0. The second kappa shape index (κ2) is 9.21. The second-order valence-electron chi connectivity index (χ2n) is 8.46. The van der Waals surface area contributed by atoms with Gasteiger partial charge in [0.15, 0.2) is 0 Å². The Kier molecular flexibility index (Phi) is 7.61. The van der Waals surface area contributed by atoms with Gasteiger partial charge in [-0.3, -0.25) is 0 Å². The summed E-state index contributed by atoms with van der Waals surface area (Å²) in [5.41, 5.74) is 0. The maximum atomic E-state index is 2.43. The molecule has 0 nitrogen and oxygen atoms in total. The van der Waals surface area contributed by atoms with Crippen LogP contribution in [0.4, 0.5) is 0 Å². The number of rotatable bonds is 2. The quantitative estimate of drug-likeness (QED) is 0.503. The second-order valence-corrected chi connectivity index (χ2v) is 8.46. The van der Waals surface area contributed by atoms with Gasteiger partial charge in [-0.05, 0) is 42.4 Å². The van der Waals surface area contributed by atoms with Crippen molar-refractivity contribution in [2.75, 3.05) is 0 Å². The lowest BCUT2D eigenvalue weighted by Gasteiger charge is -2.43. The Bertz CT molecular complexity index is 259. The zero-order valence-corrected chi connectivity index (χ0v) is 15.1. The fourth-order valence-corrected chi connectivity index (χ4v) is 5.41. The van der Waals surface area contributed by atoms with Crippen molar-refractivity contribution in [1.29, 1.82) is 0 Å². The Balaban J connectivity index is 0.000000173. The fourth-order valence-electron chi connectivity index (χ4n) is 5.41. The first-order chi connectivity index (χ1) is 10.2. The predicted molar refractivity (Wildman–Crippen MR) is 94.5 cm³/mol. The summed E-state index contributed by atoms with van der Waals surface area (Å²) in [6.07, 6.45) is 19.7. The summed E-state index contributed by atoms with van der Waals surface area (Å²) in [4.78, 5) is 0. The van der Waals surface area contributed by atoms with Crippen molar-refractivity contribution in [2.24, 2.45) is 29.6 Å². The molecule has 0 aromatic carbocycles. The van der Waals surface area contributed by atoms with Crippen molar-refractivity contribution >= 4 is 0 Å². The van der Waals surface area contributed by atoms with Crippen LogP contribution in [0.1, 0.15) is 104 Å². The van der Waals surface area contributed by atoms with Crippen LogP contribution in [0.15, 0.2) is 0 Å². The number of hydrogen-bond acceptors (Lipinski definition) is 0. The summed E-state index contributed by atoms with van der Waals surface area (Å²) in [6.45, 7) is 7.18. The van der Waals surface area contributed by atoms with E-state index in [-0.39, 0.29) is 0 Å². The predicted octanol–water partition coefficient (Wildman–Crippen LogP) is 7.23. The summed E-state index contributed by atoms with van der Waals surface area (Å²) < 4.78 is 0. The van der Waals surface area contributed by atoms with E-state index in [0.717, 1.165) is 29.6 Å². The average Bonchev–Trinajstić information content (AvgIpc) is 2.55. The van der Waals surface area contributed by atoms with E-state index >= 15 is 0 Å². The number of hydrogen-bond donors (Lipinski definition) is 0. The molecule has 3 aliphatic carbocycles. The minimum absolute atomic E-state index is 0.936. The molecule has 3 rings (SSSR count). The molecule has 3 atom stereocenters. The summed E-state index contributed by atoms with van der Waals surface area (Å²) in [7, 11) is 0. The average molecular weight is 293 g/mol. The van der Waals surface area contributed by atoms with Crippen molar-refractivity contribution in [1.82, 2.24) is 0 Å². The summed E-state index contributed by atoms with van der Waals surface area (Å²) in [5, 5.41) is 0. The molecule has 0 amide bonds. The third kappa shape index (κ3) is 5.29. The third-order valence-electron chi connectivity index (χ3n) is 6.79. The zero-order chi connectivity index (χ0) is 15.1. The van der Waals surface area contributed by atoms with E-state index in [2.05, 4.69) is 20.8 Å². The molecule has 0 radical (unpaired) electrons. The molecule has 0 aromatic rings. The summed E-state index contributed by atoms with van der Waals surface area (Å²) in [5.74, 6) is 5.33. The molecule has 0 N–H and O–H groups in total. The van der Waals surface area contributed by atoms with Gasteiger partial charge < -0.3 is 0 Å². The molecule has 0 heterocycles. The van der Waals surface area contributed by atoms with Gasteiger partial charge in [0.2, 0.25) is 0 Å². The van der Waals surface area contributed by atoms with Gasteiger partial charge in [-0.2, -0.15) is 0 Å². The lowest BCUT2D eigenvalue weighted by Crippen LogP contribution is -2.33. The van der Waals surface area contributed by atoms with E-state index < -0.39 is 0 Å². The molecule has 3 fully saturated rings. The Morgan fingerprint density at radius 3 is 1.95 bits per heavy atom. The van der Waals surface area contributed by atoms with Crippen LogP contribution >= 0.6 is 0 Å². The highest BCUT2D eigenvalue weighted by molar-refractivity contribution is 4.86. The maximum absolute atomic E-state index is 2.43. The molecule has 0 aromatic heterocycles. The Labute approximate surface area is 134 Å². The first-order valence-corrected chi connectivity index (χ1v) is 10.2. The highest BCUT2D eigenvalue weighted by atomic mass is 14.4. The molecule has 0 heteroatoms. The normalized spacial score (nSPS) is 34.0. The first kappa shape index (κ1) is 17.4. The minimum Gasteiger partial charge on any atom is -0.0651 e. The smallest absolute Gasteiger partial charge is 0.0355 e. The topological polar surface area (TPSA) is 0 Å². The Hall–Kier alpha value is 0. The molecule has 124 valence electrons. The first-order valence-electron chi connectivity index (χ1n) is 10.2. The van der Waals surface area contributed by atoms with Crippen LogP contribution in [-0.2, 0) is 0 Å². The molecular formula is C21H40. The third-order valence-corrected chi connectivity index (χ3v) is 6.79. The molecular weight excluding hydrogens is 252 g/mol. The van der Waals surface area contributed by atoms with Gasteiger partial charge in [-0.15, -0.1) is 0 Å². The highest BCUT2D eigenvalue weighted by Crippen LogP contribution is 2.46. The van der Waals surface area contributed by atoms with Crippen LogP contribution in [0.2, 0.25) is 0 Å². The molecule has 0 saturated heterocycles. The standard InChI is InChI=1S/C13H24.C8H16/c1-10(2)12-9-5-7-11-6-3-4-8-13(11)12;1-2-8-6-4-3-5-7-8/h10-13H,3-9H2,1-2H3;8H,2-7H2,1H3. The van der Waals surface area contributed by atoms with Gasteiger partial charge in [0.25, 0.3) is 0 Å². The fraction of sp³-hybridized carbons (Fsp3) is 1.00. The lowest BCUT2D eigenvalue weighted by molar-refractivity contribution is 0.0747. The van der Waals surface area contributed by atoms with Gasteiger partial charge in [-0.25, -0.2) is 0 Å². The van der Waals surface area contributed by atoms with Crippen molar-refractivity contribution in [3.8, 4) is 0 Å². The molecule has 0 bridgehead atoms. The zero-order valence-electron chi connectivity index (χ0n) is 15.1. The Morgan fingerprint density at radius 1 is 0.714 bits per heavy atom. The summed E-state index contributed by atoms with van der Waals surface area (Å²) in [6, 6.07) is 0. The van der Waals surface area contributed by atoms with E-state index in [1.165, 1.54) is 64.2 Å². The molecule has 3 unspecified atom stereocenters. The van der Waals surface area contributed by atoms with Gasteiger partial charge in [0.1, 0.15) is 0 Å². The van der Waals surface area contributed by atoms with Gasteiger partial charge in [0, 0.05) is 0 Å². The minimum atomic E-state index is 0.936. The molecule has 3 saturated carbocycles. The van der Waals surface area contributed by atoms with Gasteiger partial charge in [-0.1, -0.05) is 91.4 Å². The van der Waals surface area contributed by atoms with Crippen LogP contribution in [0.3, 0.4) is 0 Å². The lowest BCUT2D eigenvalue weighted by atomic mass is 9.63. The monoisotopic (exact) mass is 292 g/mol. The molecule has 21 heavy (non-hydrogen) atoms. The van der Waals surface area contributed by atoms with Gasteiger partial charge in [0.05, 0.1) is 0 Å². The van der Waals surface area contributed by atoms with Crippen LogP contribution in [0.5, 0.6) is 0 Å². The Morgan fingerprint density at radius 2 is 1.33 bits per heavy atom. The van der Waals surface area contributed by atoms with Crippen LogP contribution in [0.25, 0.3) is 0 Å². The van der Waals surface area contributed by atoms with Crippen LogP contribution < -0.4 is 0 Å². The molecule has 0 spiro atoms. The largest absolute Gasteiger partial charge is 0.0651 e.